The summed E-state index contributed by atoms with van der Waals surface area (Å²) in [6.07, 6.45) is 4.90. The molecule has 0 N–H and O–H groups in total. The number of benzene rings is 3. The van der Waals surface area contributed by atoms with E-state index in [4.69, 9.17) is 18.6 Å². The minimum absolute atomic E-state index is 0.125. The highest BCUT2D eigenvalue weighted by molar-refractivity contribution is 6.99. The average Bonchev–Trinajstić information content (AvgIpc) is 3.06. The Kier molecular flexibility index (Phi) is 11.7. The number of carbonyl (C=O) groups excluding carboxylic acids is 2. The molecule has 50 heavy (non-hydrogen) atoms. The van der Waals surface area contributed by atoms with Gasteiger partial charge in [0.05, 0.1) is 25.2 Å². The van der Waals surface area contributed by atoms with Gasteiger partial charge < -0.3 is 18.6 Å². The Morgan fingerprint density at radius 3 is 2.20 bits per heavy atom. The lowest BCUT2D eigenvalue weighted by Gasteiger charge is -2.46. The highest BCUT2D eigenvalue weighted by Gasteiger charge is 2.52. The van der Waals surface area contributed by atoms with Gasteiger partial charge >= 0.3 is 11.9 Å². The van der Waals surface area contributed by atoms with Gasteiger partial charge in [-0.05, 0) is 88.0 Å². The Labute approximate surface area is 297 Å². The molecule has 3 unspecified atom stereocenters. The second-order valence-corrected chi connectivity index (χ2v) is 19.4. The van der Waals surface area contributed by atoms with Crippen LogP contribution in [-0.4, -0.2) is 51.8 Å². The molecule has 1 saturated heterocycles. The van der Waals surface area contributed by atoms with Crippen LogP contribution in [0.25, 0.3) is 5.57 Å². The molecule has 2 aliphatic rings. The van der Waals surface area contributed by atoms with Crippen molar-refractivity contribution in [2.75, 3.05) is 13.2 Å². The van der Waals surface area contributed by atoms with Gasteiger partial charge in [-0.3, -0.25) is 4.79 Å². The molecule has 6 nitrogen and oxygen atoms in total. The van der Waals surface area contributed by atoms with Gasteiger partial charge in [0.2, 0.25) is 0 Å². The molecular formula is C42H51FO6Si. The van der Waals surface area contributed by atoms with Crippen molar-refractivity contribution in [3.8, 4) is 0 Å². The summed E-state index contributed by atoms with van der Waals surface area (Å²) in [6, 6.07) is 26.0. The van der Waals surface area contributed by atoms with E-state index in [1.54, 1.807) is 19.9 Å². The van der Waals surface area contributed by atoms with Gasteiger partial charge in [0.1, 0.15) is 18.5 Å². The quantitative estimate of drug-likeness (QED) is 0.150. The lowest BCUT2D eigenvalue weighted by molar-refractivity contribution is -0.156. The molecule has 1 heterocycles. The number of cyclic esters (lactones) is 1. The van der Waals surface area contributed by atoms with Crippen LogP contribution in [0.15, 0.2) is 96.6 Å². The first-order valence-corrected chi connectivity index (χ1v) is 19.6. The smallest absolute Gasteiger partial charge is 0.332 e. The molecule has 3 aromatic carbocycles. The van der Waals surface area contributed by atoms with Gasteiger partial charge in [-0.15, -0.1) is 0 Å². The Morgan fingerprint density at radius 1 is 0.980 bits per heavy atom. The normalized spacial score (nSPS) is 21.3. The number of halogens is 1. The van der Waals surface area contributed by atoms with E-state index in [1.165, 1.54) is 6.07 Å². The lowest BCUT2D eigenvalue weighted by Crippen LogP contribution is -2.68. The summed E-state index contributed by atoms with van der Waals surface area (Å²) in [4.78, 5) is 25.3. The molecule has 0 saturated carbocycles. The molecule has 0 amide bonds. The van der Waals surface area contributed by atoms with Gasteiger partial charge in [-0.25, -0.2) is 9.18 Å². The molecular weight excluding hydrogens is 648 g/mol. The van der Waals surface area contributed by atoms with Crippen LogP contribution in [0, 0.1) is 18.2 Å². The first-order valence-electron chi connectivity index (χ1n) is 17.7. The minimum atomic E-state index is -2.89. The predicted molar refractivity (Wildman–Crippen MR) is 198 cm³/mol. The zero-order chi connectivity index (χ0) is 36.1. The summed E-state index contributed by atoms with van der Waals surface area (Å²) in [5.74, 6) is -0.946. The second kappa shape index (κ2) is 15.6. The molecule has 1 fully saturated rings. The van der Waals surface area contributed by atoms with E-state index in [0.717, 1.165) is 27.1 Å². The van der Waals surface area contributed by atoms with Crippen LogP contribution in [0.5, 0.6) is 0 Å². The zero-order valence-corrected chi connectivity index (χ0v) is 31.5. The van der Waals surface area contributed by atoms with E-state index in [2.05, 4.69) is 89.2 Å². The number of aryl methyl sites for hydroxylation is 1. The van der Waals surface area contributed by atoms with Crippen LogP contribution >= 0.6 is 0 Å². The molecule has 3 aromatic rings. The highest BCUT2D eigenvalue weighted by atomic mass is 28.4. The Morgan fingerprint density at radius 2 is 1.62 bits per heavy atom. The second-order valence-electron chi connectivity index (χ2n) is 15.1. The largest absolute Gasteiger partial charge is 0.464 e. The first kappa shape index (κ1) is 37.4. The third kappa shape index (κ3) is 8.36. The topological polar surface area (TPSA) is 71.1 Å². The molecule has 0 radical (unpaired) electrons. The van der Waals surface area contributed by atoms with Crippen molar-refractivity contribution >= 4 is 36.2 Å². The van der Waals surface area contributed by atoms with Crippen LogP contribution in [-0.2, 0) is 28.2 Å². The number of hydrogen-bond donors (Lipinski definition) is 0. The summed E-state index contributed by atoms with van der Waals surface area (Å²) in [5.41, 5.74) is 3.15. The predicted octanol–water partition coefficient (Wildman–Crippen LogP) is 7.86. The fourth-order valence-corrected chi connectivity index (χ4v) is 12.3. The number of carbonyl (C=O) groups is 2. The number of hydrogen-bond acceptors (Lipinski definition) is 6. The standard InChI is InChI=1S/C42H51FO6Si/c1-8-46-40(45)28-47-33-25-36(30-19-22-38(43)29(2)23-30)37(42(6,7)27-33)21-20-31-24-32(26-39(44)48-31)49-50(41(3,4)5,34-15-11-9-12-16-34)35-17-13-10-14-18-35/h9-23,31-33H,8,24-28H2,1-7H3. The Balaban J connectivity index is 1.48. The average molecular weight is 699 g/mol. The van der Waals surface area contributed by atoms with E-state index < -0.39 is 20.4 Å². The van der Waals surface area contributed by atoms with Crippen molar-refractivity contribution in [2.45, 2.75) is 97.5 Å². The molecule has 1 aliphatic carbocycles. The summed E-state index contributed by atoms with van der Waals surface area (Å²) >= 11 is 0. The van der Waals surface area contributed by atoms with Crippen molar-refractivity contribution in [1.29, 1.82) is 0 Å². The fraction of sp³-hybridized carbons (Fsp3) is 0.429. The van der Waals surface area contributed by atoms with E-state index >= 15 is 0 Å². The van der Waals surface area contributed by atoms with Gasteiger partial charge in [0.15, 0.2) is 0 Å². The number of allylic oxidation sites excluding steroid dienone is 2. The SMILES string of the molecule is CCOC(=O)COC1CC(c2ccc(F)c(C)c2)=C(C=CC2CC(O[Si](c3ccccc3)(c3ccccc3)C(C)(C)C)CC(=O)O2)C(C)(C)C1. The van der Waals surface area contributed by atoms with Crippen molar-refractivity contribution in [2.24, 2.45) is 5.41 Å². The molecule has 1 aliphatic heterocycles. The number of rotatable bonds is 11. The van der Waals surface area contributed by atoms with Crippen LogP contribution in [0.2, 0.25) is 5.04 Å². The third-order valence-electron chi connectivity index (χ3n) is 9.88. The molecule has 0 spiro atoms. The monoisotopic (exact) mass is 698 g/mol. The number of esters is 2. The van der Waals surface area contributed by atoms with Crippen molar-refractivity contribution < 1.29 is 32.6 Å². The summed E-state index contributed by atoms with van der Waals surface area (Å²) in [6.45, 7) is 14.7. The van der Waals surface area contributed by atoms with Crippen LogP contribution in [0.1, 0.15) is 78.4 Å². The minimum Gasteiger partial charge on any atom is -0.464 e. The summed E-state index contributed by atoms with van der Waals surface area (Å²) < 4.78 is 38.8. The Hall–Kier alpha value is -3.85. The molecule has 0 bridgehead atoms. The van der Waals surface area contributed by atoms with E-state index in [1.807, 2.05) is 24.3 Å². The highest BCUT2D eigenvalue weighted by Crippen LogP contribution is 2.46. The van der Waals surface area contributed by atoms with Gasteiger partial charge in [-0.1, -0.05) is 107 Å². The van der Waals surface area contributed by atoms with Gasteiger partial charge in [0.25, 0.3) is 8.32 Å². The fourth-order valence-electron chi connectivity index (χ4n) is 7.58. The van der Waals surface area contributed by atoms with Crippen molar-refractivity contribution in [3.05, 3.63) is 114 Å². The lowest BCUT2D eigenvalue weighted by atomic mass is 9.69. The van der Waals surface area contributed by atoms with Crippen LogP contribution in [0.3, 0.4) is 0 Å². The van der Waals surface area contributed by atoms with Crippen molar-refractivity contribution in [3.63, 3.8) is 0 Å². The van der Waals surface area contributed by atoms with Gasteiger partial charge in [0, 0.05) is 6.42 Å². The number of ether oxygens (including phenoxy) is 3. The van der Waals surface area contributed by atoms with E-state index in [0.29, 0.717) is 31.4 Å². The van der Waals surface area contributed by atoms with Gasteiger partial charge in [-0.2, -0.15) is 0 Å². The van der Waals surface area contributed by atoms with E-state index in [9.17, 15) is 14.0 Å². The summed E-state index contributed by atoms with van der Waals surface area (Å²) in [7, 11) is -2.89. The Bertz CT molecular complexity index is 1670. The van der Waals surface area contributed by atoms with Crippen LogP contribution in [0.4, 0.5) is 4.39 Å². The summed E-state index contributed by atoms with van der Waals surface area (Å²) in [5, 5.41) is 2.10. The van der Waals surface area contributed by atoms with E-state index in [-0.39, 0.29) is 47.5 Å². The molecule has 8 heteroatoms. The molecule has 3 atom stereocenters. The molecule has 5 rings (SSSR count). The van der Waals surface area contributed by atoms with Crippen molar-refractivity contribution in [1.82, 2.24) is 0 Å². The zero-order valence-electron chi connectivity index (χ0n) is 30.5. The maximum atomic E-state index is 14.4. The maximum absolute atomic E-state index is 14.4. The third-order valence-corrected chi connectivity index (χ3v) is 15.0. The maximum Gasteiger partial charge on any atom is 0.332 e. The molecule has 0 aromatic heterocycles. The van der Waals surface area contributed by atoms with Crippen LogP contribution < -0.4 is 10.4 Å². The first-order chi connectivity index (χ1) is 23.7. The molecule has 266 valence electrons.